The Hall–Kier alpha value is -1.96. The van der Waals surface area contributed by atoms with Crippen LogP contribution in [0.25, 0.3) is 0 Å². The Bertz CT molecular complexity index is 906. The smallest absolute Gasteiger partial charge is 0.243 e. The van der Waals surface area contributed by atoms with Crippen LogP contribution in [0.1, 0.15) is 24.8 Å². The van der Waals surface area contributed by atoms with Gasteiger partial charge in [0, 0.05) is 29.4 Å². The van der Waals surface area contributed by atoms with E-state index in [1.165, 1.54) is 46.8 Å². The van der Waals surface area contributed by atoms with Gasteiger partial charge in [0.2, 0.25) is 15.9 Å². The highest BCUT2D eigenvalue weighted by molar-refractivity contribution is 7.89. The number of hydrogen-bond acceptors (Lipinski definition) is 3. The van der Waals surface area contributed by atoms with E-state index in [2.05, 4.69) is 5.32 Å². The summed E-state index contributed by atoms with van der Waals surface area (Å²) in [5.41, 5.74) is 0.561. The van der Waals surface area contributed by atoms with Crippen LogP contribution in [-0.4, -0.2) is 31.7 Å². The van der Waals surface area contributed by atoms with Crippen LogP contribution < -0.4 is 5.32 Å². The van der Waals surface area contributed by atoms with Crippen molar-refractivity contribution in [3.05, 3.63) is 58.9 Å². The Kier molecular flexibility index (Phi) is 6.14. The van der Waals surface area contributed by atoms with Crippen molar-refractivity contribution >= 4 is 33.2 Å². The number of rotatable bonds is 5. The van der Waals surface area contributed by atoms with Crippen LogP contribution in [0.15, 0.2) is 47.4 Å². The fourth-order valence-electron chi connectivity index (χ4n) is 3.03. The van der Waals surface area contributed by atoms with Gasteiger partial charge in [-0.2, -0.15) is 4.31 Å². The summed E-state index contributed by atoms with van der Waals surface area (Å²) in [6.07, 6.45) is 2.57. The minimum absolute atomic E-state index is 0.126. The van der Waals surface area contributed by atoms with E-state index in [0.29, 0.717) is 18.8 Å². The summed E-state index contributed by atoms with van der Waals surface area (Å²) >= 11 is 5.93. The van der Waals surface area contributed by atoms with Gasteiger partial charge in [-0.05, 0) is 49.2 Å². The van der Waals surface area contributed by atoms with Gasteiger partial charge in [-0.25, -0.2) is 12.8 Å². The lowest BCUT2D eigenvalue weighted by Gasteiger charge is -2.25. The van der Waals surface area contributed by atoms with Crippen LogP contribution >= 0.6 is 11.6 Å². The van der Waals surface area contributed by atoms with Crippen molar-refractivity contribution in [2.75, 3.05) is 18.4 Å². The zero-order chi connectivity index (χ0) is 19.4. The molecule has 0 bridgehead atoms. The third kappa shape index (κ3) is 4.66. The van der Waals surface area contributed by atoms with Crippen LogP contribution in [-0.2, 0) is 21.2 Å². The number of nitrogens with zero attached hydrogens (tertiary/aromatic N) is 1. The minimum Gasteiger partial charge on any atom is -0.326 e. The molecule has 0 atom stereocenters. The van der Waals surface area contributed by atoms with E-state index in [0.717, 1.165) is 19.3 Å². The summed E-state index contributed by atoms with van der Waals surface area (Å²) in [6.45, 7) is 1.06. The molecule has 2 aromatic rings. The maximum Gasteiger partial charge on any atom is 0.243 e. The Labute approximate surface area is 163 Å². The van der Waals surface area contributed by atoms with Crippen molar-refractivity contribution in [1.29, 1.82) is 0 Å². The van der Waals surface area contributed by atoms with Gasteiger partial charge >= 0.3 is 0 Å². The molecule has 1 aliphatic rings. The lowest BCUT2D eigenvalue weighted by atomic mass is 10.1. The van der Waals surface area contributed by atoms with Crippen LogP contribution in [0.5, 0.6) is 0 Å². The molecule has 0 radical (unpaired) electrons. The number of halogens is 2. The molecule has 0 aliphatic carbocycles. The van der Waals surface area contributed by atoms with Gasteiger partial charge in [0.05, 0.1) is 11.3 Å². The van der Waals surface area contributed by atoms with Gasteiger partial charge in [-0.1, -0.05) is 24.1 Å². The molecule has 2 aromatic carbocycles. The summed E-state index contributed by atoms with van der Waals surface area (Å²) in [4.78, 5) is 12.3. The first-order chi connectivity index (χ1) is 12.9. The number of nitrogens with one attached hydrogen (secondary N) is 1. The van der Waals surface area contributed by atoms with Crippen molar-refractivity contribution in [2.24, 2.45) is 0 Å². The van der Waals surface area contributed by atoms with Gasteiger partial charge in [0.1, 0.15) is 5.82 Å². The Morgan fingerprint density at radius 1 is 1.07 bits per heavy atom. The van der Waals surface area contributed by atoms with E-state index in [4.69, 9.17) is 11.6 Å². The van der Waals surface area contributed by atoms with E-state index in [-0.39, 0.29) is 21.9 Å². The molecule has 1 N–H and O–H groups in total. The Balaban J connectivity index is 1.68. The molecule has 0 spiro atoms. The number of carbonyl (C=O) groups is 1. The second kappa shape index (κ2) is 8.37. The second-order valence-electron chi connectivity index (χ2n) is 6.41. The summed E-state index contributed by atoms with van der Waals surface area (Å²) in [7, 11) is -3.51. The number of amides is 1. The van der Waals surface area contributed by atoms with Crippen molar-refractivity contribution in [3.8, 4) is 0 Å². The largest absolute Gasteiger partial charge is 0.326 e. The number of piperidine rings is 1. The van der Waals surface area contributed by atoms with Gasteiger partial charge in [0.15, 0.2) is 0 Å². The first kappa shape index (κ1) is 19.8. The predicted molar refractivity (Wildman–Crippen MR) is 103 cm³/mol. The molecule has 1 aliphatic heterocycles. The Morgan fingerprint density at radius 3 is 2.37 bits per heavy atom. The molecule has 5 nitrogen and oxygen atoms in total. The predicted octanol–water partition coefficient (Wildman–Crippen LogP) is 3.83. The van der Waals surface area contributed by atoms with Crippen molar-refractivity contribution in [2.45, 2.75) is 30.6 Å². The molecule has 3 rings (SSSR count). The third-order valence-corrected chi connectivity index (χ3v) is 6.76. The average Bonchev–Trinajstić information content (AvgIpc) is 2.66. The topological polar surface area (TPSA) is 66.5 Å². The molecule has 0 aromatic heterocycles. The highest BCUT2D eigenvalue weighted by Crippen LogP contribution is 2.23. The lowest BCUT2D eigenvalue weighted by molar-refractivity contribution is -0.115. The van der Waals surface area contributed by atoms with Crippen molar-refractivity contribution < 1.29 is 17.6 Å². The minimum atomic E-state index is -3.51. The van der Waals surface area contributed by atoms with Gasteiger partial charge < -0.3 is 5.32 Å². The molecule has 1 saturated heterocycles. The van der Waals surface area contributed by atoms with E-state index in [1.54, 1.807) is 0 Å². The van der Waals surface area contributed by atoms with Crippen molar-refractivity contribution in [3.63, 3.8) is 0 Å². The average molecular weight is 411 g/mol. The normalized spacial score (nSPS) is 15.5. The molecule has 0 saturated carbocycles. The SMILES string of the molecule is O=C(Cc1c(F)cccc1Cl)Nc1ccc(S(=O)(=O)N2CCCCC2)cc1. The third-order valence-electron chi connectivity index (χ3n) is 4.49. The summed E-state index contributed by atoms with van der Waals surface area (Å²) in [5.74, 6) is -0.978. The molecule has 144 valence electrons. The van der Waals surface area contributed by atoms with Crippen LogP contribution in [0, 0.1) is 5.82 Å². The fourth-order valence-corrected chi connectivity index (χ4v) is 4.78. The second-order valence-corrected chi connectivity index (χ2v) is 8.76. The lowest BCUT2D eigenvalue weighted by Crippen LogP contribution is -2.35. The van der Waals surface area contributed by atoms with E-state index in [9.17, 15) is 17.6 Å². The van der Waals surface area contributed by atoms with Gasteiger partial charge in [-0.3, -0.25) is 4.79 Å². The summed E-state index contributed by atoms with van der Waals surface area (Å²) < 4.78 is 40.5. The zero-order valence-corrected chi connectivity index (χ0v) is 16.2. The van der Waals surface area contributed by atoms with E-state index < -0.39 is 21.7 Å². The number of carbonyl (C=O) groups excluding carboxylic acids is 1. The molecular weight excluding hydrogens is 391 g/mol. The fraction of sp³-hybridized carbons (Fsp3) is 0.316. The first-order valence-corrected chi connectivity index (χ1v) is 10.5. The molecule has 27 heavy (non-hydrogen) atoms. The van der Waals surface area contributed by atoms with E-state index >= 15 is 0 Å². The van der Waals surface area contributed by atoms with Crippen LogP contribution in [0.4, 0.5) is 10.1 Å². The monoisotopic (exact) mass is 410 g/mol. The number of benzene rings is 2. The molecule has 1 amide bonds. The van der Waals surface area contributed by atoms with Gasteiger partial charge in [0.25, 0.3) is 0 Å². The number of sulfonamides is 1. The summed E-state index contributed by atoms with van der Waals surface area (Å²) in [5, 5.41) is 2.82. The maximum absolute atomic E-state index is 13.8. The molecular formula is C19H20ClFN2O3S. The molecule has 1 fully saturated rings. The highest BCUT2D eigenvalue weighted by atomic mass is 35.5. The molecule has 1 heterocycles. The van der Waals surface area contributed by atoms with Crippen LogP contribution in [0.3, 0.4) is 0 Å². The first-order valence-electron chi connectivity index (χ1n) is 8.71. The number of hydrogen-bond donors (Lipinski definition) is 1. The molecule has 0 unspecified atom stereocenters. The zero-order valence-electron chi connectivity index (χ0n) is 14.6. The molecule has 8 heteroatoms. The van der Waals surface area contributed by atoms with Crippen LogP contribution in [0.2, 0.25) is 5.02 Å². The standard InChI is InChI=1S/C19H20ClFN2O3S/c20-17-5-4-6-18(21)16(17)13-19(24)22-14-7-9-15(10-8-14)27(25,26)23-11-2-1-3-12-23/h4-10H,1-3,11-13H2,(H,22,24). The maximum atomic E-state index is 13.8. The quantitative estimate of drug-likeness (QED) is 0.814. The van der Waals surface area contributed by atoms with Gasteiger partial charge in [-0.15, -0.1) is 0 Å². The summed E-state index contributed by atoms with van der Waals surface area (Å²) in [6, 6.07) is 10.2. The van der Waals surface area contributed by atoms with E-state index in [1.807, 2.05) is 0 Å². The highest BCUT2D eigenvalue weighted by Gasteiger charge is 2.25. The van der Waals surface area contributed by atoms with Crippen molar-refractivity contribution in [1.82, 2.24) is 4.31 Å². The number of anilines is 1. The Morgan fingerprint density at radius 2 is 1.74 bits per heavy atom.